The zero-order valence-electron chi connectivity index (χ0n) is 16.8. The summed E-state index contributed by atoms with van der Waals surface area (Å²) in [5.74, 6) is 0.118. The monoisotopic (exact) mass is 406 g/mol. The molecule has 4 rings (SSSR count). The first-order valence-corrected chi connectivity index (χ1v) is 9.70. The van der Waals surface area contributed by atoms with Crippen molar-refractivity contribution in [2.75, 3.05) is 12.4 Å². The lowest BCUT2D eigenvalue weighted by molar-refractivity contribution is -0.118. The lowest BCUT2D eigenvalue weighted by Gasteiger charge is -2.17. The normalized spacial score (nSPS) is 14.1. The number of benzene rings is 2. The molecule has 3 aromatic rings. The molecule has 156 valence electrons. The van der Waals surface area contributed by atoms with Crippen LogP contribution >= 0.6 is 0 Å². The molecule has 2 N–H and O–H groups in total. The van der Waals surface area contributed by atoms with Crippen LogP contribution in [0.3, 0.4) is 0 Å². The molecule has 0 spiro atoms. The number of methoxy groups -OCH3 is 1. The van der Waals surface area contributed by atoms with Gasteiger partial charge in [-0.3, -0.25) is 4.79 Å². The number of hydrogen-bond donors (Lipinski definition) is 2. The number of aromatic carboxylic acids is 1. The third kappa shape index (κ3) is 3.64. The van der Waals surface area contributed by atoms with Crippen LogP contribution in [0.25, 0.3) is 11.3 Å². The van der Waals surface area contributed by atoms with E-state index < -0.39 is 11.4 Å². The minimum Gasteiger partial charge on any atom is -0.497 e. The molecule has 2 aromatic carbocycles. The van der Waals surface area contributed by atoms with E-state index in [4.69, 9.17) is 4.74 Å². The molecule has 1 aliphatic carbocycles. The Kier molecular flexibility index (Phi) is 4.99. The summed E-state index contributed by atoms with van der Waals surface area (Å²) in [6.45, 7) is 1.90. The van der Waals surface area contributed by atoms with Crippen LogP contribution in [-0.2, 0) is 10.2 Å². The van der Waals surface area contributed by atoms with E-state index in [1.165, 1.54) is 0 Å². The van der Waals surface area contributed by atoms with Crippen molar-refractivity contribution in [1.29, 1.82) is 0 Å². The average Bonchev–Trinajstić information content (AvgIpc) is 3.57. The van der Waals surface area contributed by atoms with Gasteiger partial charge in [0.25, 0.3) is 0 Å². The Morgan fingerprint density at radius 3 is 2.47 bits per heavy atom. The molecule has 0 saturated heterocycles. The zero-order chi connectivity index (χ0) is 21.3. The first kappa shape index (κ1) is 19.6. The predicted molar refractivity (Wildman–Crippen MR) is 118 cm³/mol. The van der Waals surface area contributed by atoms with E-state index >= 15 is 0 Å². The molecule has 0 aliphatic heterocycles. The average molecular weight is 406 g/mol. The highest BCUT2D eigenvalue weighted by atomic mass is 16.5. The minimum absolute atomic E-state index is 0. The summed E-state index contributed by atoms with van der Waals surface area (Å²) < 4.78 is 5.20. The third-order valence-corrected chi connectivity index (χ3v) is 5.55. The number of aromatic nitrogens is 1. The van der Waals surface area contributed by atoms with Gasteiger partial charge in [-0.2, -0.15) is 0 Å². The third-order valence-electron chi connectivity index (χ3n) is 5.55. The Hall–Kier alpha value is -3.67. The molecule has 1 aromatic heterocycles. The van der Waals surface area contributed by atoms with Crippen molar-refractivity contribution < 1.29 is 22.3 Å². The summed E-state index contributed by atoms with van der Waals surface area (Å²) in [5.41, 5.74) is 2.85. The van der Waals surface area contributed by atoms with Crippen molar-refractivity contribution in [3.63, 3.8) is 0 Å². The summed E-state index contributed by atoms with van der Waals surface area (Å²) in [7, 11) is 1.61. The molecular weight excluding hydrogens is 380 g/mol. The van der Waals surface area contributed by atoms with Gasteiger partial charge in [0.2, 0.25) is 5.91 Å². The Morgan fingerprint density at radius 2 is 1.83 bits per heavy atom. The van der Waals surface area contributed by atoms with Crippen LogP contribution in [0.4, 0.5) is 5.82 Å². The lowest BCUT2D eigenvalue weighted by atomic mass is 9.95. The van der Waals surface area contributed by atoms with Gasteiger partial charge in [-0.25, -0.2) is 9.78 Å². The SMILES string of the molecule is COc1ccc(C2(C(=O)Nc3ccc(C)c(-c4cccc(C(=O)O)c4)n3)CC2)cc1.[HH].[HH]. The second-order valence-corrected chi connectivity index (χ2v) is 7.51. The molecule has 1 heterocycles. The second kappa shape index (κ2) is 7.63. The lowest BCUT2D eigenvalue weighted by Crippen LogP contribution is -2.28. The first-order chi connectivity index (χ1) is 14.4. The highest BCUT2D eigenvalue weighted by molar-refractivity contribution is 6.01. The van der Waals surface area contributed by atoms with Gasteiger partial charge in [0.15, 0.2) is 0 Å². The van der Waals surface area contributed by atoms with Crippen molar-refractivity contribution in [3.8, 4) is 17.0 Å². The summed E-state index contributed by atoms with van der Waals surface area (Å²) in [5, 5.41) is 12.2. The van der Waals surface area contributed by atoms with Gasteiger partial charge in [-0.1, -0.05) is 30.3 Å². The van der Waals surface area contributed by atoms with Crippen molar-refractivity contribution in [2.24, 2.45) is 0 Å². The number of aryl methyl sites for hydroxylation is 1. The van der Waals surface area contributed by atoms with Gasteiger partial charge in [-0.15, -0.1) is 0 Å². The highest BCUT2D eigenvalue weighted by Crippen LogP contribution is 2.49. The molecule has 0 bridgehead atoms. The van der Waals surface area contributed by atoms with Crippen LogP contribution in [0.5, 0.6) is 5.75 Å². The second-order valence-electron chi connectivity index (χ2n) is 7.51. The number of amides is 1. The largest absolute Gasteiger partial charge is 0.497 e. The highest BCUT2D eigenvalue weighted by Gasteiger charge is 2.51. The number of nitrogens with zero attached hydrogens (tertiary/aromatic N) is 1. The molecule has 1 fully saturated rings. The van der Waals surface area contributed by atoms with Gasteiger partial charge in [0.1, 0.15) is 11.6 Å². The molecule has 0 unspecified atom stereocenters. The smallest absolute Gasteiger partial charge is 0.335 e. The van der Waals surface area contributed by atoms with E-state index in [2.05, 4.69) is 10.3 Å². The number of nitrogens with one attached hydrogen (secondary N) is 1. The fraction of sp³-hybridized carbons (Fsp3) is 0.208. The van der Waals surface area contributed by atoms with Crippen LogP contribution in [0.1, 0.15) is 37.2 Å². The fourth-order valence-electron chi connectivity index (χ4n) is 3.61. The van der Waals surface area contributed by atoms with E-state index in [9.17, 15) is 14.7 Å². The van der Waals surface area contributed by atoms with E-state index in [1.807, 2.05) is 43.3 Å². The van der Waals surface area contributed by atoms with Crippen LogP contribution in [0, 0.1) is 6.92 Å². The summed E-state index contributed by atoms with van der Waals surface area (Å²) in [6, 6.07) is 17.8. The minimum atomic E-state index is -0.992. The summed E-state index contributed by atoms with van der Waals surface area (Å²) in [4.78, 5) is 29.0. The van der Waals surface area contributed by atoms with E-state index in [0.29, 0.717) is 17.1 Å². The molecular formula is C24H26N2O4. The number of anilines is 1. The Balaban J connectivity index is 0.00000181. The maximum atomic E-state index is 13.1. The Labute approximate surface area is 177 Å². The van der Waals surface area contributed by atoms with Gasteiger partial charge in [0, 0.05) is 8.42 Å². The molecule has 0 radical (unpaired) electrons. The van der Waals surface area contributed by atoms with Crippen LogP contribution in [-0.4, -0.2) is 29.1 Å². The molecule has 1 saturated carbocycles. The summed E-state index contributed by atoms with van der Waals surface area (Å²) in [6.07, 6.45) is 1.56. The van der Waals surface area contributed by atoms with Crippen molar-refractivity contribution in [1.82, 2.24) is 4.98 Å². The Morgan fingerprint density at radius 1 is 1.10 bits per heavy atom. The van der Waals surface area contributed by atoms with E-state index in [1.54, 1.807) is 31.4 Å². The number of pyridine rings is 1. The standard InChI is InChI=1S/C24H22N2O4.2H2/c1-15-6-11-20(25-21(15)16-4-3-5-17(14-16)22(27)28)26-23(29)24(12-13-24)18-7-9-19(30-2)10-8-18;;/h3-11,14H,12-13H2,1-2H3,(H,27,28)(H,25,26,29);2*1H. The molecule has 30 heavy (non-hydrogen) atoms. The number of ether oxygens (including phenoxy) is 1. The van der Waals surface area contributed by atoms with Gasteiger partial charge in [-0.05, 0) is 61.2 Å². The number of rotatable bonds is 6. The quantitative estimate of drug-likeness (QED) is 0.606. The van der Waals surface area contributed by atoms with Crippen molar-refractivity contribution in [3.05, 3.63) is 77.4 Å². The van der Waals surface area contributed by atoms with E-state index in [-0.39, 0.29) is 14.3 Å². The van der Waals surface area contributed by atoms with Crippen LogP contribution in [0.2, 0.25) is 0 Å². The topological polar surface area (TPSA) is 88.5 Å². The number of carbonyl (C=O) groups excluding carboxylic acids is 1. The molecule has 1 amide bonds. The number of carbonyl (C=O) groups is 2. The first-order valence-electron chi connectivity index (χ1n) is 9.70. The molecule has 0 atom stereocenters. The van der Waals surface area contributed by atoms with E-state index in [0.717, 1.165) is 29.7 Å². The molecule has 1 aliphatic rings. The van der Waals surface area contributed by atoms with Gasteiger partial charge in [0.05, 0.1) is 23.8 Å². The van der Waals surface area contributed by atoms with Gasteiger partial charge >= 0.3 is 5.97 Å². The van der Waals surface area contributed by atoms with Crippen molar-refractivity contribution in [2.45, 2.75) is 25.2 Å². The van der Waals surface area contributed by atoms with Crippen LogP contribution in [0.15, 0.2) is 60.7 Å². The van der Waals surface area contributed by atoms with Crippen LogP contribution < -0.4 is 10.1 Å². The zero-order valence-corrected chi connectivity index (χ0v) is 16.8. The molecule has 6 nitrogen and oxygen atoms in total. The number of carboxylic acid groups (broad SMARTS) is 1. The maximum absolute atomic E-state index is 13.1. The van der Waals surface area contributed by atoms with Gasteiger partial charge < -0.3 is 15.2 Å². The number of hydrogen-bond acceptors (Lipinski definition) is 4. The predicted octanol–water partition coefficient (Wildman–Crippen LogP) is 4.93. The Bertz CT molecular complexity index is 1130. The fourth-order valence-corrected chi connectivity index (χ4v) is 3.61. The maximum Gasteiger partial charge on any atom is 0.335 e. The summed E-state index contributed by atoms with van der Waals surface area (Å²) >= 11 is 0. The number of carboxylic acids is 1. The molecule has 6 heteroatoms. The van der Waals surface area contributed by atoms with Crippen molar-refractivity contribution >= 4 is 17.7 Å².